The van der Waals surface area contributed by atoms with Crippen molar-refractivity contribution in [2.75, 3.05) is 49.5 Å². The van der Waals surface area contributed by atoms with Gasteiger partial charge in [-0.2, -0.15) is 15.1 Å². The van der Waals surface area contributed by atoms with Crippen LogP contribution in [-0.4, -0.2) is 64.2 Å². The molecule has 8 heteroatoms. The van der Waals surface area contributed by atoms with E-state index in [-0.39, 0.29) is 6.61 Å². The summed E-state index contributed by atoms with van der Waals surface area (Å²) in [4.78, 5) is 13.2. The van der Waals surface area contributed by atoms with E-state index in [1.54, 1.807) is 4.68 Å². The highest BCUT2D eigenvalue weighted by Crippen LogP contribution is 2.23. The zero-order chi connectivity index (χ0) is 18.6. The van der Waals surface area contributed by atoms with E-state index >= 15 is 0 Å². The number of fused-ring (bicyclic) bond motifs is 1. The first-order valence-electron chi connectivity index (χ1n) is 9.41. The van der Waals surface area contributed by atoms with Crippen LogP contribution in [0.15, 0.2) is 36.5 Å². The molecule has 0 unspecified atom stereocenters. The Hall–Kier alpha value is -2.71. The van der Waals surface area contributed by atoms with Crippen LogP contribution >= 0.6 is 0 Å². The predicted molar refractivity (Wildman–Crippen MR) is 105 cm³/mol. The second-order valence-corrected chi connectivity index (χ2v) is 6.93. The number of nitrogens with zero attached hydrogens (tertiary/aromatic N) is 5. The Labute approximate surface area is 158 Å². The molecular formula is C19H26N7O+. The van der Waals surface area contributed by atoms with E-state index < -0.39 is 0 Å². The molecule has 0 saturated carbocycles. The fraction of sp³-hybridized carbons (Fsp3) is 0.421. The summed E-state index contributed by atoms with van der Waals surface area (Å²) in [5, 5.41) is 17.9. The van der Waals surface area contributed by atoms with Gasteiger partial charge in [0.1, 0.15) is 12.4 Å². The third-order valence-corrected chi connectivity index (χ3v) is 5.10. The number of anilines is 2. The smallest absolute Gasteiger partial charge is 0.229 e. The molecule has 27 heavy (non-hydrogen) atoms. The number of rotatable bonds is 6. The van der Waals surface area contributed by atoms with Gasteiger partial charge in [0.2, 0.25) is 5.95 Å². The summed E-state index contributed by atoms with van der Waals surface area (Å²) in [5.74, 6) is 1.56. The molecule has 0 amide bonds. The molecule has 0 spiro atoms. The van der Waals surface area contributed by atoms with Gasteiger partial charge in [0.05, 0.1) is 44.4 Å². The lowest BCUT2D eigenvalue weighted by atomic mass is 10.2. The molecule has 1 aliphatic heterocycles. The van der Waals surface area contributed by atoms with Crippen LogP contribution in [0.3, 0.4) is 0 Å². The Bertz CT molecular complexity index is 888. The van der Waals surface area contributed by atoms with Crippen LogP contribution < -0.4 is 15.1 Å². The normalized spacial score (nSPS) is 15.4. The summed E-state index contributed by atoms with van der Waals surface area (Å²) in [6.45, 7) is 5.49. The van der Waals surface area contributed by atoms with Gasteiger partial charge in [-0.05, 0) is 5.56 Å². The Morgan fingerprint density at radius 3 is 2.67 bits per heavy atom. The van der Waals surface area contributed by atoms with Gasteiger partial charge < -0.3 is 20.2 Å². The highest BCUT2D eigenvalue weighted by Gasteiger charge is 2.23. The number of hydrogen-bond donors (Lipinski definition) is 3. The summed E-state index contributed by atoms with van der Waals surface area (Å²) in [7, 11) is 1.91. The maximum absolute atomic E-state index is 9.14. The third kappa shape index (κ3) is 3.86. The maximum Gasteiger partial charge on any atom is 0.229 e. The standard InChI is InChI=1S/C19H25N7O/c1-24-18-16(14-21-24)17(20-13-15-5-3-2-4-6-15)22-19(23-18)26-9-7-25(8-10-26)11-12-27/h2-6,14,27H,7-13H2,1H3,(H,20,22,23)/p+1. The average Bonchev–Trinajstić information content (AvgIpc) is 3.09. The molecule has 3 heterocycles. The van der Waals surface area contributed by atoms with Crippen molar-refractivity contribution in [3.8, 4) is 0 Å². The number of piperazine rings is 1. The molecule has 3 N–H and O–H groups in total. The van der Waals surface area contributed by atoms with E-state index in [0.717, 1.165) is 55.5 Å². The van der Waals surface area contributed by atoms with Crippen LogP contribution in [0.5, 0.6) is 0 Å². The zero-order valence-electron chi connectivity index (χ0n) is 15.6. The molecule has 1 aromatic carbocycles. The number of quaternary nitrogens is 1. The van der Waals surface area contributed by atoms with Crippen LogP contribution in [-0.2, 0) is 13.6 Å². The van der Waals surface area contributed by atoms with Crippen molar-refractivity contribution in [1.82, 2.24) is 19.7 Å². The molecule has 0 radical (unpaired) electrons. The lowest BCUT2D eigenvalue weighted by Gasteiger charge is -2.32. The molecule has 0 aliphatic carbocycles. The molecular weight excluding hydrogens is 342 g/mol. The molecule has 0 bridgehead atoms. The second kappa shape index (κ2) is 7.89. The van der Waals surface area contributed by atoms with Gasteiger partial charge in [-0.25, -0.2) is 0 Å². The minimum absolute atomic E-state index is 0.236. The third-order valence-electron chi connectivity index (χ3n) is 5.10. The maximum atomic E-state index is 9.14. The van der Waals surface area contributed by atoms with Gasteiger partial charge in [-0.15, -0.1) is 0 Å². The van der Waals surface area contributed by atoms with Crippen molar-refractivity contribution in [2.45, 2.75) is 6.54 Å². The highest BCUT2D eigenvalue weighted by atomic mass is 16.3. The number of aryl methyl sites for hydroxylation is 1. The van der Waals surface area contributed by atoms with Gasteiger partial charge in [-0.3, -0.25) is 4.68 Å². The molecule has 1 aliphatic rings. The van der Waals surface area contributed by atoms with Gasteiger partial charge in [0.15, 0.2) is 5.65 Å². The van der Waals surface area contributed by atoms with Crippen molar-refractivity contribution in [1.29, 1.82) is 0 Å². The van der Waals surface area contributed by atoms with Gasteiger partial charge in [0.25, 0.3) is 0 Å². The van der Waals surface area contributed by atoms with E-state index in [0.29, 0.717) is 6.54 Å². The Balaban J connectivity index is 1.57. The van der Waals surface area contributed by atoms with Crippen LogP contribution in [0.25, 0.3) is 11.0 Å². The summed E-state index contributed by atoms with van der Waals surface area (Å²) in [6, 6.07) is 10.3. The number of hydrogen-bond acceptors (Lipinski definition) is 6. The fourth-order valence-corrected chi connectivity index (χ4v) is 3.50. The van der Waals surface area contributed by atoms with Crippen molar-refractivity contribution >= 4 is 22.8 Å². The zero-order valence-corrected chi connectivity index (χ0v) is 15.6. The van der Waals surface area contributed by atoms with Crippen molar-refractivity contribution in [3.63, 3.8) is 0 Å². The summed E-state index contributed by atoms with van der Waals surface area (Å²) < 4.78 is 1.79. The lowest BCUT2D eigenvalue weighted by Crippen LogP contribution is -3.15. The number of benzene rings is 1. The molecule has 1 saturated heterocycles. The van der Waals surface area contributed by atoms with Crippen LogP contribution in [0.2, 0.25) is 0 Å². The van der Waals surface area contributed by atoms with Crippen molar-refractivity contribution in [3.05, 3.63) is 42.1 Å². The number of aromatic nitrogens is 4. The molecule has 8 nitrogen and oxygen atoms in total. The van der Waals surface area contributed by atoms with Crippen molar-refractivity contribution < 1.29 is 10.0 Å². The largest absolute Gasteiger partial charge is 0.391 e. The lowest BCUT2D eigenvalue weighted by molar-refractivity contribution is -0.900. The van der Waals surface area contributed by atoms with E-state index in [1.165, 1.54) is 10.5 Å². The summed E-state index contributed by atoms with van der Waals surface area (Å²) in [6.07, 6.45) is 1.82. The van der Waals surface area contributed by atoms with Gasteiger partial charge >= 0.3 is 0 Å². The quantitative estimate of drug-likeness (QED) is 0.553. The van der Waals surface area contributed by atoms with Crippen molar-refractivity contribution in [2.24, 2.45) is 7.05 Å². The first-order valence-corrected chi connectivity index (χ1v) is 9.41. The second-order valence-electron chi connectivity index (χ2n) is 6.93. The molecule has 142 valence electrons. The van der Waals surface area contributed by atoms with E-state index in [9.17, 15) is 0 Å². The van der Waals surface area contributed by atoms with Crippen LogP contribution in [0.4, 0.5) is 11.8 Å². The minimum atomic E-state index is 0.236. The molecule has 1 fully saturated rings. The topological polar surface area (TPSA) is 83.5 Å². The summed E-state index contributed by atoms with van der Waals surface area (Å²) >= 11 is 0. The van der Waals surface area contributed by atoms with E-state index in [2.05, 4.69) is 27.4 Å². The van der Waals surface area contributed by atoms with Gasteiger partial charge in [-0.1, -0.05) is 30.3 Å². The first-order chi connectivity index (χ1) is 13.2. The fourth-order valence-electron chi connectivity index (χ4n) is 3.50. The number of nitrogens with one attached hydrogen (secondary N) is 2. The van der Waals surface area contributed by atoms with Crippen LogP contribution in [0, 0.1) is 0 Å². The SMILES string of the molecule is Cn1ncc2c(NCc3ccccc3)nc(N3CC[NH+](CCO)CC3)nc21. The van der Waals surface area contributed by atoms with Crippen LogP contribution in [0.1, 0.15) is 5.56 Å². The Morgan fingerprint density at radius 1 is 1.15 bits per heavy atom. The Morgan fingerprint density at radius 2 is 1.93 bits per heavy atom. The molecule has 2 aromatic heterocycles. The Kier molecular flexibility index (Phi) is 5.17. The monoisotopic (exact) mass is 368 g/mol. The van der Waals surface area contributed by atoms with E-state index in [1.807, 2.05) is 31.4 Å². The first kappa shape index (κ1) is 17.7. The average molecular weight is 368 g/mol. The molecule has 0 atom stereocenters. The molecule has 4 rings (SSSR count). The number of aliphatic hydroxyl groups is 1. The summed E-state index contributed by atoms with van der Waals surface area (Å²) in [5.41, 5.74) is 2.04. The minimum Gasteiger partial charge on any atom is -0.391 e. The molecule has 3 aromatic rings. The number of aliphatic hydroxyl groups excluding tert-OH is 1. The van der Waals surface area contributed by atoms with Gasteiger partial charge in [0, 0.05) is 13.6 Å². The highest BCUT2D eigenvalue weighted by molar-refractivity contribution is 5.87. The predicted octanol–water partition coefficient (Wildman–Crippen LogP) is -0.327. The van der Waals surface area contributed by atoms with E-state index in [4.69, 9.17) is 15.1 Å².